The van der Waals surface area contributed by atoms with E-state index >= 15 is 0 Å². The topological polar surface area (TPSA) is 52.6 Å². The quantitative estimate of drug-likeness (QED) is 0.427. The molecule has 0 saturated carbocycles. The predicted molar refractivity (Wildman–Crippen MR) is 40.3 cm³/mol. The Balaban J connectivity index is 2.71. The van der Waals surface area contributed by atoms with E-state index < -0.39 is 23.5 Å². The maximum atomic E-state index is 11.1. The summed E-state index contributed by atoms with van der Waals surface area (Å²) in [6.07, 6.45) is 0.401. The summed E-state index contributed by atoms with van der Waals surface area (Å²) in [7, 11) is 1.26. The number of hydrogen-bond acceptors (Lipinski definition) is 4. The molecule has 1 heterocycles. The Morgan fingerprint density at radius 3 is 2.58 bits per heavy atom. The molecular weight excluding hydrogens is 160 g/mol. The summed E-state index contributed by atoms with van der Waals surface area (Å²) in [6, 6.07) is 0. The van der Waals surface area contributed by atoms with Crippen LogP contribution in [-0.2, 0) is 19.1 Å². The van der Waals surface area contributed by atoms with Crippen LogP contribution in [0.1, 0.15) is 20.3 Å². The first-order valence-corrected chi connectivity index (χ1v) is 3.77. The largest absolute Gasteiger partial charge is 0.468 e. The number of esters is 2. The number of rotatable bonds is 1. The third-order valence-corrected chi connectivity index (χ3v) is 1.84. The van der Waals surface area contributed by atoms with Gasteiger partial charge in [-0.2, -0.15) is 0 Å². The SMILES string of the molecule is COC(=O)C1CC(C)(C)OC1=O. The molecule has 0 spiro atoms. The summed E-state index contributed by atoms with van der Waals surface area (Å²) in [4.78, 5) is 22.1. The zero-order valence-corrected chi connectivity index (χ0v) is 7.42. The Morgan fingerprint density at radius 1 is 1.67 bits per heavy atom. The molecular formula is C8H12O4. The van der Waals surface area contributed by atoms with Crippen molar-refractivity contribution in [1.82, 2.24) is 0 Å². The van der Waals surface area contributed by atoms with E-state index in [9.17, 15) is 9.59 Å². The normalized spacial score (nSPS) is 26.6. The van der Waals surface area contributed by atoms with Crippen molar-refractivity contribution in [2.75, 3.05) is 7.11 Å². The molecule has 0 bridgehead atoms. The average Bonchev–Trinajstić information content (AvgIpc) is 2.23. The van der Waals surface area contributed by atoms with Gasteiger partial charge in [0.25, 0.3) is 0 Å². The van der Waals surface area contributed by atoms with E-state index in [2.05, 4.69) is 4.74 Å². The minimum atomic E-state index is -0.731. The van der Waals surface area contributed by atoms with E-state index in [0.29, 0.717) is 6.42 Å². The number of ether oxygens (including phenoxy) is 2. The minimum absolute atomic E-state index is 0.401. The van der Waals surface area contributed by atoms with Crippen molar-refractivity contribution >= 4 is 11.9 Å². The first kappa shape index (κ1) is 9.03. The van der Waals surface area contributed by atoms with Crippen molar-refractivity contribution in [3.63, 3.8) is 0 Å². The van der Waals surface area contributed by atoms with E-state index in [1.165, 1.54) is 7.11 Å². The number of methoxy groups -OCH3 is 1. The van der Waals surface area contributed by atoms with Gasteiger partial charge in [0.2, 0.25) is 0 Å². The summed E-state index contributed by atoms with van der Waals surface area (Å²) in [5.41, 5.74) is -0.532. The third-order valence-electron chi connectivity index (χ3n) is 1.84. The molecule has 1 aliphatic heterocycles. The molecule has 1 unspecified atom stereocenters. The van der Waals surface area contributed by atoms with Gasteiger partial charge in [0.05, 0.1) is 7.11 Å². The van der Waals surface area contributed by atoms with Gasteiger partial charge in [-0.25, -0.2) is 0 Å². The minimum Gasteiger partial charge on any atom is -0.468 e. The molecule has 1 atom stereocenters. The maximum Gasteiger partial charge on any atom is 0.321 e. The Kier molecular flexibility index (Phi) is 2.08. The van der Waals surface area contributed by atoms with Gasteiger partial charge in [-0.15, -0.1) is 0 Å². The highest BCUT2D eigenvalue weighted by Crippen LogP contribution is 2.30. The number of carbonyl (C=O) groups excluding carboxylic acids is 2. The molecule has 4 nitrogen and oxygen atoms in total. The van der Waals surface area contributed by atoms with Gasteiger partial charge in [-0.1, -0.05) is 0 Å². The Labute approximate surface area is 70.8 Å². The van der Waals surface area contributed by atoms with Crippen LogP contribution in [0.3, 0.4) is 0 Å². The fourth-order valence-electron chi connectivity index (χ4n) is 1.28. The first-order valence-electron chi connectivity index (χ1n) is 3.77. The third kappa shape index (κ3) is 1.57. The highest BCUT2D eigenvalue weighted by Gasteiger charge is 2.44. The molecule has 1 aliphatic rings. The Morgan fingerprint density at radius 2 is 2.25 bits per heavy atom. The van der Waals surface area contributed by atoms with Gasteiger partial charge >= 0.3 is 11.9 Å². The van der Waals surface area contributed by atoms with Gasteiger partial charge in [0.15, 0.2) is 5.92 Å². The molecule has 12 heavy (non-hydrogen) atoms. The van der Waals surface area contributed by atoms with Crippen molar-refractivity contribution in [2.45, 2.75) is 25.9 Å². The summed E-state index contributed by atoms with van der Waals surface area (Å²) >= 11 is 0. The van der Waals surface area contributed by atoms with Crippen LogP contribution in [0.5, 0.6) is 0 Å². The molecule has 1 saturated heterocycles. The molecule has 0 aliphatic carbocycles. The van der Waals surface area contributed by atoms with Crippen LogP contribution in [0.4, 0.5) is 0 Å². The second-order valence-corrected chi connectivity index (χ2v) is 3.46. The fraction of sp³-hybridized carbons (Fsp3) is 0.750. The van der Waals surface area contributed by atoms with Crippen LogP contribution in [0.2, 0.25) is 0 Å². The van der Waals surface area contributed by atoms with Gasteiger partial charge < -0.3 is 9.47 Å². The molecule has 68 valence electrons. The highest BCUT2D eigenvalue weighted by atomic mass is 16.6. The zero-order valence-electron chi connectivity index (χ0n) is 7.42. The summed E-state index contributed by atoms with van der Waals surface area (Å²) in [5, 5.41) is 0. The second-order valence-electron chi connectivity index (χ2n) is 3.46. The van der Waals surface area contributed by atoms with E-state index in [1.807, 2.05) is 0 Å². The Hall–Kier alpha value is -1.06. The maximum absolute atomic E-state index is 11.1. The van der Waals surface area contributed by atoms with Crippen LogP contribution >= 0.6 is 0 Å². The lowest BCUT2D eigenvalue weighted by molar-refractivity contribution is -0.156. The van der Waals surface area contributed by atoms with Gasteiger partial charge in [0, 0.05) is 6.42 Å². The highest BCUT2D eigenvalue weighted by molar-refractivity contribution is 5.96. The summed E-state index contributed by atoms with van der Waals surface area (Å²) in [5.74, 6) is -1.72. The van der Waals surface area contributed by atoms with Crippen molar-refractivity contribution < 1.29 is 19.1 Å². The molecule has 0 radical (unpaired) electrons. The second kappa shape index (κ2) is 2.77. The Bertz CT molecular complexity index is 219. The molecule has 0 aromatic carbocycles. The standard InChI is InChI=1S/C8H12O4/c1-8(2)4-5(6(9)11-3)7(10)12-8/h5H,4H2,1-3H3. The summed E-state index contributed by atoms with van der Waals surface area (Å²) in [6.45, 7) is 3.54. The molecule has 1 fully saturated rings. The van der Waals surface area contributed by atoms with Crippen molar-refractivity contribution in [2.24, 2.45) is 5.92 Å². The lowest BCUT2D eigenvalue weighted by atomic mass is 9.98. The van der Waals surface area contributed by atoms with Crippen molar-refractivity contribution in [3.8, 4) is 0 Å². The molecule has 1 rings (SSSR count). The molecule has 4 heteroatoms. The van der Waals surface area contributed by atoms with Crippen molar-refractivity contribution in [1.29, 1.82) is 0 Å². The predicted octanol–water partition coefficient (Wildman–Crippen LogP) is 0.501. The lowest BCUT2D eigenvalue weighted by Crippen LogP contribution is -2.20. The monoisotopic (exact) mass is 172 g/mol. The van der Waals surface area contributed by atoms with Gasteiger partial charge in [-0.3, -0.25) is 9.59 Å². The zero-order chi connectivity index (χ0) is 9.35. The van der Waals surface area contributed by atoms with Gasteiger partial charge in [0.1, 0.15) is 5.60 Å². The van der Waals surface area contributed by atoms with E-state index in [-0.39, 0.29) is 0 Å². The molecule has 0 aromatic heterocycles. The van der Waals surface area contributed by atoms with Crippen molar-refractivity contribution in [3.05, 3.63) is 0 Å². The van der Waals surface area contributed by atoms with Gasteiger partial charge in [-0.05, 0) is 13.8 Å². The number of hydrogen-bond donors (Lipinski definition) is 0. The molecule has 0 N–H and O–H groups in total. The lowest BCUT2D eigenvalue weighted by Gasteiger charge is -2.14. The van der Waals surface area contributed by atoms with Crippen LogP contribution in [-0.4, -0.2) is 24.6 Å². The average molecular weight is 172 g/mol. The van der Waals surface area contributed by atoms with E-state index in [1.54, 1.807) is 13.8 Å². The van der Waals surface area contributed by atoms with Crippen LogP contribution < -0.4 is 0 Å². The van der Waals surface area contributed by atoms with E-state index in [0.717, 1.165) is 0 Å². The number of carbonyl (C=O) groups is 2. The van der Waals surface area contributed by atoms with Crippen LogP contribution in [0.15, 0.2) is 0 Å². The summed E-state index contributed by atoms with van der Waals surface area (Å²) < 4.78 is 9.40. The fourth-order valence-corrected chi connectivity index (χ4v) is 1.28. The van der Waals surface area contributed by atoms with Crippen LogP contribution in [0.25, 0.3) is 0 Å². The van der Waals surface area contributed by atoms with Crippen LogP contribution in [0, 0.1) is 5.92 Å². The smallest absolute Gasteiger partial charge is 0.321 e. The molecule has 0 aromatic rings. The number of cyclic esters (lactones) is 1. The van der Waals surface area contributed by atoms with E-state index in [4.69, 9.17) is 4.74 Å². The molecule has 0 amide bonds. The first-order chi connectivity index (χ1) is 5.46.